The van der Waals surface area contributed by atoms with E-state index in [2.05, 4.69) is 29.2 Å². The number of carbonyl (C=O) groups is 2. The Morgan fingerprint density at radius 3 is 2.44 bits per heavy atom. The molecule has 2 aliphatic heterocycles. The molecule has 7 heteroatoms. The van der Waals surface area contributed by atoms with Crippen LogP contribution in [0, 0.1) is 0 Å². The SMILES string of the molecule is COC(=O)CC1CCCN(C(=O)c2ccc(N3Cc4ccccc4C3)cc2OC)c2ccc(Cl)cc21. The maximum Gasteiger partial charge on any atom is 0.306 e. The smallest absolute Gasteiger partial charge is 0.306 e. The van der Waals surface area contributed by atoms with E-state index in [1.807, 2.05) is 30.3 Å². The van der Waals surface area contributed by atoms with Gasteiger partial charge in [0.05, 0.1) is 26.2 Å². The van der Waals surface area contributed by atoms with Crippen LogP contribution >= 0.6 is 11.6 Å². The van der Waals surface area contributed by atoms with Gasteiger partial charge in [0.25, 0.3) is 5.91 Å². The maximum absolute atomic E-state index is 13.9. The monoisotopic (exact) mass is 504 g/mol. The van der Waals surface area contributed by atoms with Crippen molar-refractivity contribution >= 4 is 34.9 Å². The summed E-state index contributed by atoms with van der Waals surface area (Å²) < 4.78 is 10.6. The van der Waals surface area contributed by atoms with Gasteiger partial charge in [-0.1, -0.05) is 35.9 Å². The third kappa shape index (κ3) is 4.65. The number of nitrogens with zero attached hydrogens (tertiary/aromatic N) is 2. The largest absolute Gasteiger partial charge is 0.496 e. The van der Waals surface area contributed by atoms with Gasteiger partial charge >= 0.3 is 5.97 Å². The number of hydrogen-bond acceptors (Lipinski definition) is 5. The first kappa shape index (κ1) is 24.2. The predicted octanol–water partition coefficient (Wildman–Crippen LogP) is 5.96. The zero-order valence-corrected chi connectivity index (χ0v) is 21.3. The van der Waals surface area contributed by atoms with Gasteiger partial charge in [0, 0.05) is 42.1 Å². The second-order valence-corrected chi connectivity index (χ2v) is 9.73. The minimum atomic E-state index is -0.271. The maximum atomic E-state index is 13.9. The summed E-state index contributed by atoms with van der Waals surface area (Å²) in [5.41, 5.74) is 5.82. The molecule has 1 unspecified atom stereocenters. The molecule has 2 heterocycles. The van der Waals surface area contributed by atoms with Crippen molar-refractivity contribution < 1.29 is 19.1 Å². The van der Waals surface area contributed by atoms with Crippen molar-refractivity contribution in [2.45, 2.75) is 38.3 Å². The van der Waals surface area contributed by atoms with E-state index in [1.54, 1.807) is 18.1 Å². The van der Waals surface area contributed by atoms with Gasteiger partial charge in [-0.3, -0.25) is 9.59 Å². The van der Waals surface area contributed by atoms with Crippen LogP contribution in [0.15, 0.2) is 60.7 Å². The molecule has 0 radical (unpaired) electrons. The minimum absolute atomic E-state index is 0.0648. The van der Waals surface area contributed by atoms with Crippen LogP contribution in [0.5, 0.6) is 5.75 Å². The topological polar surface area (TPSA) is 59.1 Å². The average molecular weight is 505 g/mol. The Hall–Kier alpha value is -3.51. The van der Waals surface area contributed by atoms with Gasteiger partial charge in [0.2, 0.25) is 0 Å². The molecule has 0 aliphatic carbocycles. The third-order valence-corrected chi connectivity index (χ3v) is 7.40. The van der Waals surface area contributed by atoms with E-state index in [9.17, 15) is 9.59 Å². The first-order valence-corrected chi connectivity index (χ1v) is 12.5. The number of fused-ring (bicyclic) bond motifs is 2. The van der Waals surface area contributed by atoms with Crippen LogP contribution in [0.3, 0.4) is 0 Å². The van der Waals surface area contributed by atoms with Crippen LogP contribution in [0.4, 0.5) is 11.4 Å². The second-order valence-electron chi connectivity index (χ2n) is 9.29. The number of carbonyl (C=O) groups excluding carboxylic acids is 2. The molecule has 3 aromatic carbocycles. The average Bonchev–Trinajstić information content (AvgIpc) is 3.26. The highest BCUT2D eigenvalue weighted by Crippen LogP contribution is 2.40. The van der Waals surface area contributed by atoms with Gasteiger partial charge in [0.1, 0.15) is 5.75 Å². The number of methoxy groups -OCH3 is 2. The number of anilines is 2. The molecule has 0 spiro atoms. The fourth-order valence-corrected chi connectivity index (χ4v) is 5.47. The molecule has 186 valence electrons. The Morgan fingerprint density at radius 2 is 1.75 bits per heavy atom. The molecule has 2 aliphatic rings. The fourth-order valence-electron chi connectivity index (χ4n) is 5.29. The van der Waals surface area contributed by atoms with Crippen LogP contribution in [-0.2, 0) is 22.6 Å². The first-order chi connectivity index (χ1) is 17.5. The molecule has 0 fully saturated rings. The van der Waals surface area contributed by atoms with E-state index in [0.717, 1.165) is 42.9 Å². The summed E-state index contributed by atoms with van der Waals surface area (Å²) in [5.74, 6) is 0.0711. The summed E-state index contributed by atoms with van der Waals surface area (Å²) in [6, 6.07) is 19.7. The number of hydrogen-bond donors (Lipinski definition) is 0. The molecule has 36 heavy (non-hydrogen) atoms. The third-order valence-electron chi connectivity index (χ3n) is 7.16. The quantitative estimate of drug-likeness (QED) is 0.401. The lowest BCUT2D eigenvalue weighted by molar-refractivity contribution is -0.141. The van der Waals surface area contributed by atoms with Gasteiger partial charge in [-0.25, -0.2) is 0 Å². The van der Waals surface area contributed by atoms with Gasteiger partial charge < -0.3 is 19.3 Å². The summed E-state index contributed by atoms with van der Waals surface area (Å²) in [6.45, 7) is 2.19. The molecule has 1 atom stereocenters. The molecule has 0 saturated carbocycles. The normalized spacial score (nSPS) is 16.7. The van der Waals surface area contributed by atoms with Crippen molar-refractivity contribution in [3.63, 3.8) is 0 Å². The van der Waals surface area contributed by atoms with Crippen molar-refractivity contribution in [1.82, 2.24) is 0 Å². The molecule has 0 aromatic heterocycles. The Morgan fingerprint density at radius 1 is 1.00 bits per heavy atom. The van der Waals surface area contributed by atoms with Crippen molar-refractivity contribution in [3.05, 3.63) is 87.9 Å². The molecule has 1 amide bonds. The second kappa shape index (κ2) is 10.2. The van der Waals surface area contributed by atoms with Gasteiger partial charge in [-0.05, 0) is 65.8 Å². The molecule has 5 rings (SSSR count). The van der Waals surface area contributed by atoms with E-state index in [-0.39, 0.29) is 24.2 Å². The number of amides is 1. The van der Waals surface area contributed by atoms with E-state index < -0.39 is 0 Å². The molecule has 0 bridgehead atoms. The van der Waals surface area contributed by atoms with E-state index in [0.29, 0.717) is 22.9 Å². The summed E-state index contributed by atoms with van der Waals surface area (Å²) in [7, 11) is 2.99. The minimum Gasteiger partial charge on any atom is -0.496 e. The van der Waals surface area contributed by atoms with Crippen molar-refractivity contribution in [3.8, 4) is 5.75 Å². The molecule has 0 N–H and O–H groups in total. The van der Waals surface area contributed by atoms with Gasteiger partial charge in [-0.15, -0.1) is 0 Å². The van der Waals surface area contributed by atoms with Gasteiger partial charge in [-0.2, -0.15) is 0 Å². The van der Waals surface area contributed by atoms with E-state index >= 15 is 0 Å². The van der Waals surface area contributed by atoms with Crippen molar-refractivity contribution in [2.75, 3.05) is 30.6 Å². The highest BCUT2D eigenvalue weighted by Gasteiger charge is 2.30. The first-order valence-electron chi connectivity index (χ1n) is 12.2. The van der Waals surface area contributed by atoms with E-state index in [1.165, 1.54) is 18.2 Å². The summed E-state index contributed by atoms with van der Waals surface area (Å²) in [5, 5.41) is 0.575. The molecule has 0 saturated heterocycles. The van der Waals surface area contributed by atoms with Crippen LogP contribution in [0.1, 0.15) is 52.2 Å². The highest BCUT2D eigenvalue weighted by atomic mass is 35.5. The highest BCUT2D eigenvalue weighted by molar-refractivity contribution is 6.30. The molecular weight excluding hydrogens is 476 g/mol. The number of rotatable bonds is 5. The Balaban J connectivity index is 1.45. The number of ether oxygens (including phenoxy) is 2. The number of benzene rings is 3. The zero-order chi connectivity index (χ0) is 25.2. The lowest BCUT2D eigenvalue weighted by Gasteiger charge is -2.26. The molecule has 3 aromatic rings. The fraction of sp³-hybridized carbons (Fsp3) is 0.310. The standard InChI is InChI=1S/C29H29ClN2O4/c1-35-27-16-23(31-17-20-6-3-4-7-21(20)18-31)10-11-24(27)29(34)32-13-5-8-19(14-28(33)36-2)25-15-22(30)9-12-26(25)32/h3-4,6-7,9-12,15-16,19H,5,8,13-14,17-18H2,1-2H3. The predicted molar refractivity (Wildman–Crippen MR) is 141 cm³/mol. The Labute approximate surface area is 216 Å². The number of esters is 1. The lowest BCUT2D eigenvalue weighted by Crippen LogP contribution is -2.32. The van der Waals surface area contributed by atoms with Crippen LogP contribution in [0.25, 0.3) is 0 Å². The Kier molecular flexibility index (Phi) is 6.88. The summed E-state index contributed by atoms with van der Waals surface area (Å²) in [4.78, 5) is 30.0. The van der Waals surface area contributed by atoms with Crippen molar-refractivity contribution in [2.24, 2.45) is 0 Å². The zero-order valence-electron chi connectivity index (χ0n) is 20.5. The lowest BCUT2D eigenvalue weighted by atomic mass is 9.91. The van der Waals surface area contributed by atoms with Crippen molar-refractivity contribution in [1.29, 1.82) is 0 Å². The van der Waals surface area contributed by atoms with Crippen LogP contribution in [0.2, 0.25) is 5.02 Å². The molecule has 6 nitrogen and oxygen atoms in total. The Bertz CT molecular complexity index is 1280. The summed E-state index contributed by atoms with van der Waals surface area (Å²) in [6.07, 6.45) is 1.77. The number of halogens is 1. The van der Waals surface area contributed by atoms with Crippen LogP contribution in [-0.4, -0.2) is 32.6 Å². The van der Waals surface area contributed by atoms with Gasteiger partial charge in [0.15, 0.2) is 0 Å². The molecular formula is C29H29ClN2O4. The summed E-state index contributed by atoms with van der Waals surface area (Å²) >= 11 is 6.33. The van der Waals surface area contributed by atoms with Crippen LogP contribution < -0.4 is 14.5 Å². The van der Waals surface area contributed by atoms with E-state index in [4.69, 9.17) is 21.1 Å².